The van der Waals surface area contributed by atoms with E-state index in [4.69, 9.17) is 0 Å². The maximum Gasteiger partial charge on any atom is 0.0434 e. The second-order valence-electron chi connectivity index (χ2n) is 6.11. The molecule has 2 nitrogen and oxygen atoms in total. The molecule has 0 aliphatic heterocycles. The maximum atomic E-state index is 12.4. The lowest BCUT2D eigenvalue weighted by atomic mass is 10.0. The largest absolute Gasteiger partial charge is 0.312 e. The van der Waals surface area contributed by atoms with Crippen LogP contribution in [0.1, 0.15) is 48.4 Å². The maximum absolute atomic E-state index is 12.4. The van der Waals surface area contributed by atoms with Gasteiger partial charge >= 0.3 is 0 Å². The van der Waals surface area contributed by atoms with Crippen LogP contribution in [0.4, 0.5) is 0 Å². The van der Waals surface area contributed by atoms with Gasteiger partial charge in [-0.1, -0.05) is 31.0 Å². The summed E-state index contributed by atoms with van der Waals surface area (Å²) in [6.45, 7) is 4.27. The first kappa shape index (κ1) is 15.7. The Labute approximate surface area is 125 Å². The Kier molecular flexibility index (Phi) is 5.79. The highest BCUT2D eigenvalue weighted by molar-refractivity contribution is 7.85. The molecule has 0 radical (unpaired) electrons. The van der Waals surface area contributed by atoms with Crippen LogP contribution in [0.25, 0.3) is 0 Å². The van der Waals surface area contributed by atoms with Gasteiger partial charge in [-0.3, -0.25) is 4.21 Å². The number of hydrogen-bond acceptors (Lipinski definition) is 2. The molecule has 0 heterocycles. The summed E-state index contributed by atoms with van der Waals surface area (Å²) in [5.41, 5.74) is 3.88. The van der Waals surface area contributed by atoms with Crippen LogP contribution >= 0.6 is 0 Å². The third-order valence-electron chi connectivity index (χ3n) is 4.53. The second-order valence-corrected chi connectivity index (χ2v) is 7.65. The van der Waals surface area contributed by atoms with E-state index in [2.05, 4.69) is 37.4 Å². The minimum absolute atomic E-state index is 0.205. The molecule has 20 heavy (non-hydrogen) atoms. The highest BCUT2D eigenvalue weighted by Crippen LogP contribution is 2.26. The van der Waals surface area contributed by atoms with Crippen molar-refractivity contribution in [2.45, 2.75) is 45.6 Å². The molecule has 0 spiro atoms. The lowest BCUT2D eigenvalue weighted by Gasteiger charge is -2.18. The zero-order chi connectivity index (χ0) is 14.5. The number of benzene rings is 1. The number of rotatable bonds is 6. The van der Waals surface area contributed by atoms with Crippen molar-refractivity contribution >= 4 is 10.8 Å². The third kappa shape index (κ3) is 4.16. The standard InChI is InChI=1S/C17H27NOS/c1-13-8-9-16(10-14(13)2)17(18-3)12-20(19)11-15-6-4-5-7-15/h8-10,15,17-18H,4-7,11-12H2,1-3H3. The lowest BCUT2D eigenvalue weighted by molar-refractivity contribution is 0.594. The lowest BCUT2D eigenvalue weighted by Crippen LogP contribution is -2.25. The van der Waals surface area contributed by atoms with Gasteiger partial charge in [-0.15, -0.1) is 0 Å². The van der Waals surface area contributed by atoms with Crippen LogP contribution in [0.15, 0.2) is 18.2 Å². The van der Waals surface area contributed by atoms with Crippen molar-refractivity contribution in [3.63, 3.8) is 0 Å². The number of nitrogens with one attached hydrogen (secondary N) is 1. The molecule has 0 bridgehead atoms. The molecule has 1 fully saturated rings. The van der Waals surface area contributed by atoms with Crippen molar-refractivity contribution in [1.82, 2.24) is 5.32 Å². The van der Waals surface area contributed by atoms with E-state index in [1.54, 1.807) is 0 Å². The predicted octanol–water partition coefficient (Wildman–Crippen LogP) is 3.50. The predicted molar refractivity (Wildman–Crippen MR) is 87.6 cm³/mol. The third-order valence-corrected chi connectivity index (χ3v) is 6.08. The van der Waals surface area contributed by atoms with E-state index in [9.17, 15) is 4.21 Å². The molecule has 3 heteroatoms. The summed E-state index contributed by atoms with van der Waals surface area (Å²) in [5, 5.41) is 3.33. The molecule has 1 aliphatic rings. The summed E-state index contributed by atoms with van der Waals surface area (Å²) >= 11 is 0. The fourth-order valence-electron chi connectivity index (χ4n) is 3.02. The van der Waals surface area contributed by atoms with Crippen LogP contribution in [0.3, 0.4) is 0 Å². The highest BCUT2D eigenvalue weighted by Gasteiger charge is 2.20. The fourth-order valence-corrected chi connectivity index (χ4v) is 4.75. The van der Waals surface area contributed by atoms with Crippen LogP contribution in [0, 0.1) is 19.8 Å². The van der Waals surface area contributed by atoms with Crippen molar-refractivity contribution in [2.75, 3.05) is 18.6 Å². The zero-order valence-electron chi connectivity index (χ0n) is 12.9. The Hall–Kier alpha value is -0.670. The second kappa shape index (κ2) is 7.37. The van der Waals surface area contributed by atoms with Crippen molar-refractivity contribution in [1.29, 1.82) is 0 Å². The molecule has 1 N–H and O–H groups in total. The molecule has 1 aromatic rings. The summed E-state index contributed by atoms with van der Waals surface area (Å²) < 4.78 is 12.4. The van der Waals surface area contributed by atoms with Crippen LogP contribution in [-0.2, 0) is 10.8 Å². The minimum atomic E-state index is -0.715. The summed E-state index contributed by atoms with van der Waals surface area (Å²) in [6.07, 6.45) is 5.21. The molecule has 1 aromatic carbocycles. The Morgan fingerprint density at radius 3 is 2.55 bits per heavy atom. The molecule has 1 aliphatic carbocycles. The molecule has 0 amide bonds. The fraction of sp³-hybridized carbons (Fsp3) is 0.647. The van der Waals surface area contributed by atoms with Gasteiger partial charge in [0.25, 0.3) is 0 Å². The van der Waals surface area contributed by atoms with Gasteiger partial charge in [0.05, 0.1) is 0 Å². The molecule has 2 unspecified atom stereocenters. The van der Waals surface area contributed by atoms with Gasteiger partial charge < -0.3 is 5.32 Å². The van der Waals surface area contributed by atoms with E-state index >= 15 is 0 Å². The van der Waals surface area contributed by atoms with Gasteiger partial charge in [0.2, 0.25) is 0 Å². The molecule has 2 rings (SSSR count). The molecule has 2 atom stereocenters. The summed E-state index contributed by atoms with van der Waals surface area (Å²) in [4.78, 5) is 0. The van der Waals surface area contributed by atoms with E-state index in [1.807, 2.05) is 7.05 Å². The molecule has 112 valence electrons. The highest BCUT2D eigenvalue weighted by atomic mass is 32.2. The summed E-state index contributed by atoms with van der Waals surface area (Å²) in [6, 6.07) is 6.76. The molecule has 0 saturated heterocycles. The smallest absolute Gasteiger partial charge is 0.0434 e. The molecular formula is C17H27NOS. The van der Waals surface area contributed by atoms with Gasteiger partial charge in [0.1, 0.15) is 0 Å². The molecular weight excluding hydrogens is 266 g/mol. The minimum Gasteiger partial charge on any atom is -0.312 e. The quantitative estimate of drug-likeness (QED) is 0.869. The monoisotopic (exact) mass is 293 g/mol. The Morgan fingerprint density at radius 2 is 1.95 bits per heavy atom. The van der Waals surface area contributed by atoms with E-state index in [0.717, 1.165) is 11.5 Å². The summed E-state index contributed by atoms with van der Waals surface area (Å²) in [5.74, 6) is 2.33. The van der Waals surface area contributed by atoms with Crippen molar-refractivity contribution in [2.24, 2.45) is 5.92 Å². The van der Waals surface area contributed by atoms with Crippen LogP contribution in [-0.4, -0.2) is 22.8 Å². The normalized spacial score (nSPS) is 19.1. The molecule has 0 aromatic heterocycles. The van der Waals surface area contributed by atoms with Gasteiger partial charge in [0.15, 0.2) is 0 Å². The molecule has 1 saturated carbocycles. The van der Waals surface area contributed by atoms with Crippen LogP contribution < -0.4 is 5.32 Å². The topological polar surface area (TPSA) is 29.1 Å². The first-order valence-electron chi connectivity index (χ1n) is 7.69. The first-order chi connectivity index (χ1) is 9.60. The van der Waals surface area contributed by atoms with E-state index in [1.165, 1.54) is 42.4 Å². The number of aryl methyl sites for hydroxylation is 2. The van der Waals surface area contributed by atoms with E-state index in [0.29, 0.717) is 5.92 Å². The summed E-state index contributed by atoms with van der Waals surface area (Å²) in [7, 11) is 1.25. The van der Waals surface area contributed by atoms with Gasteiger partial charge in [-0.25, -0.2) is 0 Å². The van der Waals surface area contributed by atoms with Gasteiger partial charge in [-0.05, 0) is 56.3 Å². The number of hydrogen-bond donors (Lipinski definition) is 1. The van der Waals surface area contributed by atoms with Crippen LogP contribution in [0.2, 0.25) is 0 Å². The zero-order valence-corrected chi connectivity index (χ0v) is 13.8. The van der Waals surface area contributed by atoms with E-state index < -0.39 is 10.8 Å². The average molecular weight is 293 g/mol. The van der Waals surface area contributed by atoms with Gasteiger partial charge in [-0.2, -0.15) is 0 Å². The van der Waals surface area contributed by atoms with E-state index in [-0.39, 0.29) is 6.04 Å². The van der Waals surface area contributed by atoms with Crippen LogP contribution in [0.5, 0.6) is 0 Å². The van der Waals surface area contributed by atoms with Crippen molar-refractivity contribution < 1.29 is 4.21 Å². The Morgan fingerprint density at radius 1 is 1.25 bits per heavy atom. The Balaban J connectivity index is 1.96. The van der Waals surface area contributed by atoms with Crippen molar-refractivity contribution in [3.8, 4) is 0 Å². The Bertz CT molecular complexity index is 466. The average Bonchev–Trinajstić information content (AvgIpc) is 2.92. The van der Waals surface area contributed by atoms with Crippen molar-refractivity contribution in [3.05, 3.63) is 34.9 Å². The SMILES string of the molecule is CNC(CS(=O)CC1CCCC1)c1ccc(C)c(C)c1. The first-order valence-corrected chi connectivity index (χ1v) is 9.18. The van der Waals surface area contributed by atoms with Gasteiger partial charge in [0, 0.05) is 28.3 Å².